The number of methoxy groups -OCH3 is 1. The minimum absolute atomic E-state index is 0.335. The number of esters is 1. The second-order valence-electron chi connectivity index (χ2n) is 5.98. The molecule has 122 valence electrons. The van der Waals surface area contributed by atoms with Gasteiger partial charge in [0.2, 0.25) is 0 Å². The average molecular weight is 320 g/mol. The summed E-state index contributed by atoms with van der Waals surface area (Å²) in [5, 5.41) is 4.53. The molecule has 0 amide bonds. The molecule has 1 heterocycles. The molecule has 0 bridgehead atoms. The molecule has 2 aromatic carbocycles. The van der Waals surface area contributed by atoms with Crippen molar-refractivity contribution in [1.29, 1.82) is 0 Å². The lowest BCUT2D eigenvalue weighted by Gasteiger charge is -2.13. The number of hydrogen-bond acceptors (Lipinski definition) is 4. The molecule has 0 aliphatic rings. The zero-order chi connectivity index (χ0) is 17.3. The maximum Gasteiger partial charge on any atom is 0.337 e. The minimum atomic E-state index is -0.335. The van der Waals surface area contributed by atoms with Crippen LogP contribution in [0.15, 0.2) is 42.5 Å². The Hall–Kier alpha value is -2.88. The summed E-state index contributed by atoms with van der Waals surface area (Å²) in [6.07, 6.45) is 0. The highest BCUT2D eigenvalue weighted by Gasteiger charge is 2.09. The van der Waals surface area contributed by atoms with E-state index < -0.39 is 0 Å². The van der Waals surface area contributed by atoms with Crippen LogP contribution in [0.1, 0.15) is 27.2 Å². The number of anilines is 2. The van der Waals surface area contributed by atoms with Gasteiger partial charge in [0, 0.05) is 22.5 Å². The first-order valence-electron chi connectivity index (χ1n) is 7.82. The molecular weight excluding hydrogens is 300 g/mol. The fourth-order valence-electron chi connectivity index (χ4n) is 2.88. The van der Waals surface area contributed by atoms with Crippen LogP contribution in [0.2, 0.25) is 0 Å². The first-order valence-corrected chi connectivity index (χ1v) is 7.82. The quantitative estimate of drug-likeness (QED) is 0.711. The van der Waals surface area contributed by atoms with Crippen molar-refractivity contribution in [3.8, 4) is 0 Å². The number of carbonyl (C=O) groups is 1. The van der Waals surface area contributed by atoms with Crippen molar-refractivity contribution in [1.82, 2.24) is 4.98 Å². The second kappa shape index (κ2) is 6.32. The highest BCUT2D eigenvalue weighted by Crippen LogP contribution is 2.29. The molecule has 3 rings (SSSR count). The van der Waals surface area contributed by atoms with Gasteiger partial charge in [-0.05, 0) is 62.7 Å². The van der Waals surface area contributed by atoms with E-state index in [1.807, 2.05) is 25.1 Å². The third-order valence-corrected chi connectivity index (χ3v) is 3.96. The number of ether oxygens (including phenoxy) is 1. The van der Waals surface area contributed by atoms with Crippen molar-refractivity contribution in [2.75, 3.05) is 12.4 Å². The summed E-state index contributed by atoms with van der Waals surface area (Å²) in [4.78, 5) is 16.2. The van der Waals surface area contributed by atoms with Crippen LogP contribution in [-0.4, -0.2) is 18.1 Å². The van der Waals surface area contributed by atoms with Crippen LogP contribution in [-0.2, 0) is 4.74 Å². The molecule has 0 unspecified atom stereocenters. The monoisotopic (exact) mass is 320 g/mol. The Kier molecular flexibility index (Phi) is 4.21. The van der Waals surface area contributed by atoms with Gasteiger partial charge in [-0.3, -0.25) is 4.98 Å². The average Bonchev–Trinajstić information content (AvgIpc) is 2.56. The zero-order valence-corrected chi connectivity index (χ0v) is 14.3. The summed E-state index contributed by atoms with van der Waals surface area (Å²) >= 11 is 0. The SMILES string of the molecule is COC(=O)c1ccc(Nc2cc(C)nc3c(C)cc(C)cc23)cc1. The van der Waals surface area contributed by atoms with Crippen molar-refractivity contribution in [2.45, 2.75) is 20.8 Å². The number of fused-ring (bicyclic) bond motifs is 1. The van der Waals surface area contributed by atoms with Gasteiger partial charge in [0.05, 0.1) is 18.2 Å². The summed E-state index contributed by atoms with van der Waals surface area (Å²) in [5.74, 6) is -0.335. The predicted octanol–water partition coefficient (Wildman–Crippen LogP) is 4.69. The molecule has 3 aromatic rings. The van der Waals surface area contributed by atoms with Crippen LogP contribution in [0.4, 0.5) is 11.4 Å². The molecule has 0 aliphatic carbocycles. The molecular formula is C20H20N2O2. The lowest BCUT2D eigenvalue weighted by Crippen LogP contribution is -2.01. The van der Waals surface area contributed by atoms with E-state index in [1.165, 1.54) is 12.7 Å². The molecule has 0 saturated carbocycles. The van der Waals surface area contributed by atoms with Crippen molar-refractivity contribution >= 4 is 28.2 Å². The molecule has 0 saturated heterocycles. The number of nitrogens with zero attached hydrogens (tertiary/aromatic N) is 1. The number of rotatable bonds is 3. The third-order valence-electron chi connectivity index (χ3n) is 3.96. The van der Waals surface area contributed by atoms with Gasteiger partial charge in [-0.2, -0.15) is 0 Å². The summed E-state index contributed by atoms with van der Waals surface area (Å²) in [6, 6.07) is 13.6. The Bertz CT molecular complexity index is 915. The fraction of sp³-hybridized carbons (Fsp3) is 0.200. The Labute approximate surface area is 141 Å². The molecule has 4 heteroatoms. The Morgan fingerprint density at radius 1 is 1.04 bits per heavy atom. The largest absolute Gasteiger partial charge is 0.465 e. The van der Waals surface area contributed by atoms with Crippen LogP contribution >= 0.6 is 0 Å². The van der Waals surface area contributed by atoms with Gasteiger partial charge in [-0.15, -0.1) is 0 Å². The molecule has 4 nitrogen and oxygen atoms in total. The molecule has 24 heavy (non-hydrogen) atoms. The maximum absolute atomic E-state index is 11.5. The van der Waals surface area contributed by atoms with Gasteiger partial charge in [-0.25, -0.2) is 4.79 Å². The van der Waals surface area contributed by atoms with E-state index in [9.17, 15) is 4.79 Å². The predicted molar refractivity (Wildman–Crippen MR) is 97.0 cm³/mol. The smallest absolute Gasteiger partial charge is 0.337 e. The zero-order valence-electron chi connectivity index (χ0n) is 14.3. The Morgan fingerprint density at radius 2 is 1.75 bits per heavy atom. The topological polar surface area (TPSA) is 51.2 Å². The first-order chi connectivity index (χ1) is 11.5. The van der Waals surface area contributed by atoms with Crippen molar-refractivity contribution in [2.24, 2.45) is 0 Å². The van der Waals surface area contributed by atoms with E-state index in [1.54, 1.807) is 12.1 Å². The number of hydrogen-bond donors (Lipinski definition) is 1. The summed E-state index contributed by atoms with van der Waals surface area (Å²) in [6.45, 7) is 6.15. The van der Waals surface area contributed by atoms with Gasteiger partial charge in [-0.1, -0.05) is 11.6 Å². The van der Waals surface area contributed by atoms with Crippen molar-refractivity contribution in [3.05, 3.63) is 64.8 Å². The van der Waals surface area contributed by atoms with E-state index in [2.05, 4.69) is 36.3 Å². The standard InChI is InChI=1S/C20H20N2O2/c1-12-9-13(2)19-17(10-12)18(11-14(3)21-19)22-16-7-5-15(6-8-16)20(23)24-4/h5-11H,1-4H3,(H,21,22). The number of benzene rings is 2. The van der Waals surface area contributed by atoms with Gasteiger partial charge in [0.1, 0.15) is 0 Å². The van der Waals surface area contributed by atoms with E-state index in [-0.39, 0.29) is 5.97 Å². The van der Waals surface area contributed by atoms with Crippen molar-refractivity contribution < 1.29 is 9.53 Å². The maximum atomic E-state index is 11.5. The van der Waals surface area contributed by atoms with Gasteiger partial charge in [0.15, 0.2) is 0 Å². The summed E-state index contributed by atoms with van der Waals surface area (Å²) < 4.78 is 4.73. The molecule has 0 radical (unpaired) electrons. The normalized spacial score (nSPS) is 10.7. The van der Waals surface area contributed by atoms with E-state index in [0.717, 1.165) is 33.5 Å². The highest BCUT2D eigenvalue weighted by atomic mass is 16.5. The fourth-order valence-corrected chi connectivity index (χ4v) is 2.88. The minimum Gasteiger partial charge on any atom is -0.465 e. The van der Waals surface area contributed by atoms with Crippen LogP contribution in [0.25, 0.3) is 10.9 Å². The van der Waals surface area contributed by atoms with Crippen LogP contribution in [0.5, 0.6) is 0 Å². The van der Waals surface area contributed by atoms with Crippen molar-refractivity contribution in [3.63, 3.8) is 0 Å². The molecule has 1 N–H and O–H groups in total. The van der Waals surface area contributed by atoms with E-state index in [0.29, 0.717) is 5.56 Å². The molecule has 0 fully saturated rings. The van der Waals surface area contributed by atoms with Crippen LogP contribution < -0.4 is 5.32 Å². The highest BCUT2D eigenvalue weighted by molar-refractivity contribution is 5.96. The second-order valence-corrected chi connectivity index (χ2v) is 5.98. The molecule has 0 spiro atoms. The number of pyridine rings is 1. The Balaban J connectivity index is 2.02. The third kappa shape index (κ3) is 3.08. The number of aromatic nitrogens is 1. The number of carbonyl (C=O) groups excluding carboxylic acids is 1. The number of nitrogens with one attached hydrogen (secondary N) is 1. The van der Waals surface area contributed by atoms with Gasteiger partial charge >= 0.3 is 5.97 Å². The van der Waals surface area contributed by atoms with E-state index >= 15 is 0 Å². The molecule has 0 atom stereocenters. The van der Waals surface area contributed by atoms with Gasteiger partial charge in [0.25, 0.3) is 0 Å². The Morgan fingerprint density at radius 3 is 2.42 bits per heavy atom. The lowest BCUT2D eigenvalue weighted by molar-refractivity contribution is 0.0601. The molecule has 1 aromatic heterocycles. The van der Waals surface area contributed by atoms with Gasteiger partial charge < -0.3 is 10.1 Å². The lowest BCUT2D eigenvalue weighted by atomic mass is 10.0. The number of aryl methyl sites for hydroxylation is 3. The first kappa shape index (κ1) is 16.0. The summed E-state index contributed by atoms with van der Waals surface area (Å²) in [7, 11) is 1.38. The van der Waals surface area contributed by atoms with Crippen LogP contribution in [0, 0.1) is 20.8 Å². The summed E-state index contributed by atoms with van der Waals surface area (Å²) in [5.41, 5.74) is 6.79. The van der Waals surface area contributed by atoms with E-state index in [4.69, 9.17) is 4.74 Å². The van der Waals surface area contributed by atoms with Crippen LogP contribution in [0.3, 0.4) is 0 Å². The molecule has 0 aliphatic heterocycles.